The van der Waals surface area contributed by atoms with Crippen LogP contribution in [0.4, 0.5) is 5.69 Å². The largest absolute Gasteiger partial charge is 0.456 e. The lowest BCUT2D eigenvalue weighted by Crippen LogP contribution is -2.23. The van der Waals surface area contributed by atoms with Gasteiger partial charge in [-0.1, -0.05) is 6.42 Å². The minimum atomic E-state index is -0.365. The number of hydrogen-bond donors (Lipinski definition) is 1. The highest BCUT2D eigenvalue weighted by Gasteiger charge is 2.40. The van der Waals surface area contributed by atoms with Crippen molar-refractivity contribution in [2.75, 3.05) is 11.9 Å². The van der Waals surface area contributed by atoms with Crippen molar-refractivity contribution >= 4 is 17.6 Å². The standard InChI is InChI=1S/C18H20N2O3/c19-10-12-2-5-16(6-3-12)20-17(21)11-23-18(22)9-15-8-13-1-4-14(15)7-13/h2-3,5-6,13-15H,1,4,7-9,11H2,(H,20,21)/t13-,14-,15+/m0/s1. The fourth-order valence-electron chi connectivity index (χ4n) is 3.87. The molecule has 2 aliphatic carbocycles. The predicted molar refractivity (Wildman–Crippen MR) is 84.3 cm³/mol. The summed E-state index contributed by atoms with van der Waals surface area (Å²) in [5.74, 6) is 1.29. The summed E-state index contributed by atoms with van der Waals surface area (Å²) in [6.45, 7) is -0.264. The van der Waals surface area contributed by atoms with E-state index in [1.165, 1.54) is 19.3 Å². The average molecular weight is 312 g/mol. The van der Waals surface area contributed by atoms with Gasteiger partial charge >= 0.3 is 5.97 Å². The molecule has 2 fully saturated rings. The summed E-state index contributed by atoms with van der Waals surface area (Å²) in [4.78, 5) is 23.7. The summed E-state index contributed by atoms with van der Waals surface area (Å²) in [5.41, 5.74) is 1.11. The van der Waals surface area contributed by atoms with Crippen LogP contribution >= 0.6 is 0 Å². The summed E-state index contributed by atoms with van der Waals surface area (Å²) in [6, 6.07) is 8.55. The van der Waals surface area contributed by atoms with Gasteiger partial charge in [0.15, 0.2) is 6.61 Å². The zero-order valence-corrected chi connectivity index (χ0v) is 13.0. The summed E-state index contributed by atoms with van der Waals surface area (Å²) in [6.07, 6.45) is 5.38. The Kier molecular flexibility index (Phi) is 4.61. The molecule has 5 nitrogen and oxygen atoms in total. The molecule has 23 heavy (non-hydrogen) atoms. The van der Waals surface area contributed by atoms with E-state index in [9.17, 15) is 9.59 Å². The molecule has 0 spiro atoms. The Hall–Kier alpha value is -2.35. The zero-order chi connectivity index (χ0) is 16.2. The maximum atomic E-state index is 11.9. The fourth-order valence-corrected chi connectivity index (χ4v) is 3.87. The Labute approximate surface area is 135 Å². The molecule has 0 aromatic heterocycles. The fraction of sp³-hybridized carbons (Fsp3) is 0.500. The van der Waals surface area contributed by atoms with Crippen molar-refractivity contribution in [1.82, 2.24) is 0 Å². The molecule has 5 heteroatoms. The van der Waals surface area contributed by atoms with Crippen molar-refractivity contribution in [2.24, 2.45) is 17.8 Å². The second-order valence-electron chi connectivity index (χ2n) is 6.54. The van der Waals surface area contributed by atoms with Crippen LogP contribution in [0.2, 0.25) is 0 Å². The lowest BCUT2D eigenvalue weighted by atomic mass is 9.86. The van der Waals surface area contributed by atoms with Gasteiger partial charge in [0.05, 0.1) is 11.6 Å². The first-order chi connectivity index (χ1) is 11.1. The molecule has 0 radical (unpaired) electrons. The average Bonchev–Trinajstić information content (AvgIpc) is 3.16. The quantitative estimate of drug-likeness (QED) is 0.848. The Morgan fingerprint density at radius 2 is 2.00 bits per heavy atom. The Morgan fingerprint density at radius 3 is 2.61 bits per heavy atom. The van der Waals surface area contributed by atoms with Gasteiger partial charge in [0.2, 0.25) is 0 Å². The van der Waals surface area contributed by atoms with Crippen molar-refractivity contribution in [1.29, 1.82) is 5.26 Å². The molecule has 2 bridgehead atoms. The first-order valence-corrected chi connectivity index (χ1v) is 8.09. The van der Waals surface area contributed by atoms with E-state index in [0.717, 1.165) is 12.3 Å². The molecule has 1 aromatic carbocycles. The number of nitrogens with one attached hydrogen (secondary N) is 1. The number of hydrogen-bond acceptors (Lipinski definition) is 4. The van der Waals surface area contributed by atoms with E-state index in [1.807, 2.05) is 6.07 Å². The molecule has 1 aromatic rings. The van der Waals surface area contributed by atoms with Crippen molar-refractivity contribution < 1.29 is 14.3 Å². The molecule has 0 heterocycles. The minimum Gasteiger partial charge on any atom is -0.456 e. The first kappa shape index (κ1) is 15.5. The molecule has 0 saturated heterocycles. The van der Waals surface area contributed by atoms with E-state index >= 15 is 0 Å². The van der Waals surface area contributed by atoms with Gasteiger partial charge in [0.25, 0.3) is 5.91 Å². The van der Waals surface area contributed by atoms with Crippen LogP contribution in [0, 0.1) is 29.1 Å². The maximum Gasteiger partial charge on any atom is 0.306 e. The number of nitrogens with zero attached hydrogens (tertiary/aromatic N) is 1. The normalized spacial score (nSPS) is 24.9. The molecule has 1 amide bonds. The molecule has 2 aliphatic rings. The van der Waals surface area contributed by atoms with Crippen LogP contribution in [-0.2, 0) is 14.3 Å². The van der Waals surface area contributed by atoms with Crippen LogP contribution in [0.3, 0.4) is 0 Å². The SMILES string of the molecule is N#Cc1ccc(NC(=O)COC(=O)C[C@H]2C[C@H]3CC[C@H]2C3)cc1. The van der Waals surface area contributed by atoms with Crippen molar-refractivity contribution in [2.45, 2.75) is 32.1 Å². The number of benzene rings is 1. The van der Waals surface area contributed by atoms with Gasteiger partial charge in [-0.15, -0.1) is 0 Å². The number of carbonyl (C=O) groups is 2. The third-order valence-electron chi connectivity index (χ3n) is 4.98. The highest BCUT2D eigenvalue weighted by Crippen LogP contribution is 2.49. The van der Waals surface area contributed by atoms with Gasteiger partial charge < -0.3 is 10.1 Å². The number of rotatable bonds is 5. The zero-order valence-electron chi connectivity index (χ0n) is 13.0. The Morgan fingerprint density at radius 1 is 1.22 bits per heavy atom. The number of anilines is 1. The maximum absolute atomic E-state index is 11.9. The van der Waals surface area contributed by atoms with Crippen LogP contribution in [-0.4, -0.2) is 18.5 Å². The van der Waals surface area contributed by atoms with E-state index in [1.54, 1.807) is 24.3 Å². The van der Waals surface area contributed by atoms with Crippen LogP contribution in [0.25, 0.3) is 0 Å². The van der Waals surface area contributed by atoms with Gasteiger partial charge in [0.1, 0.15) is 0 Å². The third-order valence-corrected chi connectivity index (χ3v) is 4.98. The van der Waals surface area contributed by atoms with E-state index in [4.69, 9.17) is 10.00 Å². The van der Waals surface area contributed by atoms with Crippen LogP contribution in [0.5, 0.6) is 0 Å². The van der Waals surface area contributed by atoms with Crippen molar-refractivity contribution in [3.05, 3.63) is 29.8 Å². The lowest BCUT2D eigenvalue weighted by molar-refractivity contribution is -0.148. The topological polar surface area (TPSA) is 79.2 Å². The van der Waals surface area contributed by atoms with Gasteiger partial charge in [-0.25, -0.2) is 0 Å². The molecule has 2 saturated carbocycles. The summed E-state index contributed by atoms with van der Waals surface area (Å²) >= 11 is 0. The molecule has 0 aliphatic heterocycles. The smallest absolute Gasteiger partial charge is 0.306 e. The second-order valence-corrected chi connectivity index (χ2v) is 6.54. The first-order valence-electron chi connectivity index (χ1n) is 8.09. The molecular weight excluding hydrogens is 292 g/mol. The Bertz CT molecular complexity index is 633. The number of fused-ring (bicyclic) bond motifs is 2. The van der Waals surface area contributed by atoms with E-state index < -0.39 is 0 Å². The second kappa shape index (κ2) is 6.82. The van der Waals surface area contributed by atoms with Crippen molar-refractivity contribution in [3.63, 3.8) is 0 Å². The summed E-state index contributed by atoms with van der Waals surface area (Å²) < 4.78 is 5.09. The molecule has 120 valence electrons. The number of carbonyl (C=O) groups excluding carboxylic acids is 2. The number of nitriles is 1. The van der Waals surface area contributed by atoms with Gasteiger partial charge in [-0.3, -0.25) is 9.59 Å². The van der Waals surface area contributed by atoms with Gasteiger partial charge in [-0.2, -0.15) is 5.26 Å². The van der Waals surface area contributed by atoms with E-state index in [2.05, 4.69) is 5.32 Å². The van der Waals surface area contributed by atoms with Crippen LogP contribution in [0.1, 0.15) is 37.7 Å². The van der Waals surface area contributed by atoms with Crippen LogP contribution < -0.4 is 5.32 Å². The minimum absolute atomic E-state index is 0.264. The molecule has 1 N–H and O–H groups in total. The molecule has 3 rings (SSSR count). The van der Waals surface area contributed by atoms with Crippen molar-refractivity contribution in [3.8, 4) is 6.07 Å². The van der Waals surface area contributed by atoms with Gasteiger partial charge in [0, 0.05) is 12.1 Å². The molecule has 0 unspecified atom stereocenters. The van der Waals surface area contributed by atoms with Crippen LogP contribution in [0.15, 0.2) is 24.3 Å². The number of amides is 1. The Balaban J connectivity index is 1.40. The third kappa shape index (κ3) is 3.89. The number of esters is 1. The highest BCUT2D eigenvalue weighted by atomic mass is 16.5. The highest BCUT2D eigenvalue weighted by molar-refractivity contribution is 5.92. The van der Waals surface area contributed by atoms with Gasteiger partial charge in [-0.05, 0) is 61.3 Å². The van der Waals surface area contributed by atoms with E-state index in [-0.39, 0.29) is 18.5 Å². The number of ether oxygens (including phenoxy) is 1. The monoisotopic (exact) mass is 312 g/mol. The van der Waals surface area contributed by atoms with E-state index in [0.29, 0.717) is 29.5 Å². The lowest BCUT2D eigenvalue weighted by Gasteiger charge is -2.20. The predicted octanol–water partition coefficient (Wildman–Crippen LogP) is 2.87. The summed E-state index contributed by atoms with van der Waals surface area (Å²) in [7, 11) is 0. The molecular formula is C18H20N2O3. The molecule has 3 atom stereocenters. The summed E-state index contributed by atoms with van der Waals surface area (Å²) in [5, 5.41) is 11.4.